The number of nitrogens with zero attached hydrogens (tertiary/aromatic N) is 1. The lowest BCUT2D eigenvalue weighted by Crippen LogP contribution is -2.37. The van der Waals surface area contributed by atoms with E-state index in [4.69, 9.17) is 9.47 Å². The summed E-state index contributed by atoms with van der Waals surface area (Å²) in [5.41, 5.74) is 1.69. The van der Waals surface area contributed by atoms with Crippen molar-refractivity contribution in [1.29, 1.82) is 0 Å². The highest BCUT2D eigenvalue weighted by molar-refractivity contribution is 14.1. The molecule has 0 saturated carbocycles. The number of aromatic nitrogens is 1. The highest BCUT2D eigenvalue weighted by Crippen LogP contribution is 2.39. The average Bonchev–Trinajstić information content (AvgIpc) is 2.74. The molecule has 2 N–H and O–H groups in total. The van der Waals surface area contributed by atoms with E-state index in [2.05, 4.69) is 45.0 Å². The topological polar surface area (TPSA) is 80.7 Å². The molecule has 0 unspecified atom stereocenters. The van der Waals surface area contributed by atoms with Crippen molar-refractivity contribution in [3.8, 4) is 0 Å². The number of aliphatic hydroxyl groups is 1. The molecule has 2 aromatic rings. The zero-order valence-corrected chi connectivity index (χ0v) is 18.4. The van der Waals surface area contributed by atoms with Gasteiger partial charge in [0.25, 0.3) is 5.91 Å². The number of nitrogens with one attached hydrogen (secondary N) is 1. The van der Waals surface area contributed by atoms with Gasteiger partial charge in [-0.15, -0.1) is 0 Å². The van der Waals surface area contributed by atoms with Crippen LogP contribution in [0.1, 0.15) is 31.2 Å². The Morgan fingerprint density at radius 2 is 2.10 bits per heavy atom. The maximum absolute atomic E-state index is 12.8. The van der Waals surface area contributed by atoms with Crippen molar-refractivity contribution < 1.29 is 19.4 Å². The second-order valence-electron chi connectivity index (χ2n) is 6.78. The van der Waals surface area contributed by atoms with E-state index in [1.807, 2.05) is 25.1 Å². The van der Waals surface area contributed by atoms with Gasteiger partial charge in [-0.25, -0.2) is 0 Å². The van der Waals surface area contributed by atoms with Gasteiger partial charge < -0.3 is 19.9 Å². The molecule has 7 heteroatoms. The van der Waals surface area contributed by atoms with Crippen LogP contribution in [0.5, 0.6) is 0 Å². The first-order chi connectivity index (χ1) is 14.1. The summed E-state index contributed by atoms with van der Waals surface area (Å²) in [5, 5.41) is 12.2. The molecule has 1 aliphatic rings. The Bertz CT molecular complexity index is 826. The Morgan fingerprint density at radius 3 is 2.76 bits per heavy atom. The number of rotatable bonds is 8. The Kier molecular flexibility index (Phi) is 8.02. The van der Waals surface area contributed by atoms with Crippen LogP contribution in [-0.2, 0) is 14.3 Å². The van der Waals surface area contributed by atoms with Crippen molar-refractivity contribution in [3.05, 3.63) is 69.8 Å². The zero-order valence-electron chi connectivity index (χ0n) is 16.3. The van der Waals surface area contributed by atoms with E-state index in [0.717, 1.165) is 15.6 Å². The molecule has 0 fully saturated rings. The first-order valence-corrected chi connectivity index (χ1v) is 10.8. The number of benzene rings is 1. The Morgan fingerprint density at radius 1 is 1.31 bits per heavy atom. The smallest absolute Gasteiger partial charge is 0.290 e. The molecule has 0 radical (unpaired) electrons. The van der Waals surface area contributed by atoms with Crippen molar-refractivity contribution in [2.75, 3.05) is 18.5 Å². The Labute approximate surface area is 184 Å². The van der Waals surface area contributed by atoms with E-state index >= 15 is 0 Å². The molecule has 0 saturated heterocycles. The third kappa shape index (κ3) is 5.77. The number of anilines is 1. The number of carbonyl (C=O) groups excluding carboxylic acids is 1. The summed E-state index contributed by atoms with van der Waals surface area (Å²) < 4.78 is 13.0. The highest BCUT2D eigenvalue weighted by Gasteiger charge is 2.37. The van der Waals surface area contributed by atoms with Crippen molar-refractivity contribution in [3.63, 3.8) is 0 Å². The van der Waals surface area contributed by atoms with Crippen LogP contribution in [0.2, 0.25) is 0 Å². The lowest BCUT2D eigenvalue weighted by atomic mass is 9.80. The largest absolute Gasteiger partial charge is 0.459 e. The molecular weight excluding hydrogens is 483 g/mol. The first kappa shape index (κ1) is 21.7. The number of carbonyl (C=O) groups is 1. The molecule has 0 spiro atoms. The van der Waals surface area contributed by atoms with Crippen LogP contribution in [0.15, 0.2) is 60.6 Å². The van der Waals surface area contributed by atoms with E-state index in [-0.39, 0.29) is 30.1 Å². The fourth-order valence-corrected chi connectivity index (χ4v) is 3.82. The van der Waals surface area contributed by atoms with Crippen LogP contribution in [0.4, 0.5) is 5.69 Å². The van der Waals surface area contributed by atoms with Crippen molar-refractivity contribution >= 4 is 34.2 Å². The molecule has 0 bridgehead atoms. The zero-order chi connectivity index (χ0) is 20.6. The Hall–Kier alpha value is -1.97. The van der Waals surface area contributed by atoms with Gasteiger partial charge in [-0.2, -0.15) is 0 Å². The van der Waals surface area contributed by atoms with Gasteiger partial charge in [-0.05, 0) is 78.3 Å². The summed E-state index contributed by atoms with van der Waals surface area (Å²) in [4.78, 5) is 16.9. The predicted octanol–water partition coefficient (Wildman–Crippen LogP) is 4.07. The molecule has 1 aliphatic heterocycles. The normalized spacial score (nSPS) is 21.2. The molecule has 1 aromatic carbocycles. The summed E-state index contributed by atoms with van der Waals surface area (Å²) in [5.74, 6) is -0.162. The SMILES string of the molecule is CCO[C@@H]1OC(C(=O)Nc2cccnc2)=C[C@H](c2ccc(I)cc2)[C@H]1CCCO. The van der Waals surface area contributed by atoms with Crippen LogP contribution in [-0.4, -0.2) is 35.5 Å². The van der Waals surface area contributed by atoms with Gasteiger partial charge in [0.15, 0.2) is 5.76 Å². The number of halogens is 1. The lowest BCUT2D eigenvalue weighted by molar-refractivity contribution is -0.165. The van der Waals surface area contributed by atoms with Crippen LogP contribution in [0, 0.1) is 9.49 Å². The lowest BCUT2D eigenvalue weighted by Gasteiger charge is -2.37. The van der Waals surface area contributed by atoms with E-state index in [0.29, 0.717) is 18.7 Å². The van der Waals surface area contributed by atoms with Crippen molar-refractivity contribution in [2.24, 2.45) is 5.92 Å². The van der Waals surface area contributed by atoms with E-state index in [1.165, 1.54) is 0 Å². The maximum atomic E-state index is 12.8. The molecule has 1 amide bonds. The quantitative estimate of drug-likeness (QED) is 0.526. The average molecular weight is 508 g/mol. The minimum Gasteiger partial charge on any atom is -0.459 e. The van der Waals surface area contributed by atoms with Crippen molar-refractivity contribution in [2.45, 2.75) is 32.0 Å². The standard InChI is InChI=1S/C22H25IN2O4/c1-2-28-22-18(6-4-12-26)19(15-7-9-16(23)10-8-15)13-20(29-22)21(27)25-17-5-3-11-24-14-17/h3,5,7-11,13-14,18-19,22,26H,2,4,6,12H2,1H3,(H,25,27)/t18-,19-,22-/m1/s1. The summed E-state index contributed by atoms with van der Waals surface area (Å²) in [7, 11) is 0. The number of allylic oxidation sites excluding steroid dienone is 1. The first-order valence-electron chi connectivity index (χ1n) is 9.70. The second-order valence-corrected chi connectivity index (χ2v) is 8.02. The molecule has 6 nitrogen and oxygen atoms in total. The van der Waals surface area contributed by atoms with Gasteiger partial charge in [0.1, 0.15) is 0 Å². The van der Waals surface area contributed by atoms with Crippen LogP contribution in [0.3, 0.4) is 0 Å². The third-order valence-electron chi connectivity index (χ3n) is 4.81. The predicted molar refractivity (Wildman–Crippen MR) is 119 cm³/mol. The summed E-state index contributed by atoms with van der Waals surface area (Å²) in [6, 6.07) is 11.8. The van der Waals surface area contributed by atoms with E-state index in [9.17, 15) is 9.90 Å². The van der Waals surface area contributed by atoms with Gasteiger partial charge >= 0.3 is 0 Å². The molecule has 2 heterocycles. The van der Waals surface area contributed by atoms with Crippen molar-refractivity contribution in [1.82, 2.24) is 4.98 Å². The number of aliphatic hydroxyl groups excluding tert-OH is 1. The van der Waals surface area contributed by atoms with Gasteiger partial charge in [-0.3, -0.25) is 9.78 Å². The van der Waals surface area contributed by atoms with Gasteiger partial charge in [0.2, 0.25) is 6.29 Å². The molecule has 3 atom stereocenters. The molecular formula is C22H25IN2O4. The number of pyridine rings is 1. The summed E-state index contributed by atoms with van der Waals surface area (Å²) in [6.45, 7) is 2.48. The molecule has 29 heavy (non-hydrogen) atoms. The molecule has 3 rings (SSSR count). The molecule has 154 valence electrons. The molecule has 0 aliphatic carbocycles. The van der Waals surface area contributed by atoms with Crippen LogP contribution < -0.4 is 5.32 Å². The van der Waals surface area contributed by atoms with E-state index < -0.39 is 6.29 Å². The van der Waals surface area contributed by atoms with Gasteiger partial charge in [0, 0.05) is 34.8 Å². The number of hydrogen-bond donors (Lipinski definition) is 2. The Balaban J connectivity index is 1.92. The minimum absolute atomic E-state index is 0.00268. The summed E-state index contributed by atoms with van der Waals surface area (Å²) in [6.07, 6.45) is 5.91. The maximum Gasteiger partial charge on any atom is 0.290 e. The summed E-state index contributed by atoms with van der Waals surface area (Å²) >= 11 is 2.27. The van der Waals surface area contributed by atoms with E-state index in [1.54, 1.807) is 24.5 Å². The van der Waals surface area contributed by atoms with Crippen LogP contribution in [0.25, 0.3) is 0 Å². The number of ether oxygens (including phenoxy) is 2. The highest BCUT2D eigenvalue weighted by atomic mass is 127. The van der Waals surface area contributed by atoms with Gasteiger partial charge in [-0.1, -0.05) is 12.1 Å². The van der Waals surface area contributed by atoms with Gasteiger partial charge in [0.05, 0.1) is 11.9 Å². The second kappa shape index (κ2) is 10.7. The van der Waals surface area contributed by atoms with Crippen LogP contribution >= 0.6 is 22.6 Å². The molecule has 1 aromatic heterocycles. The monoisotopic (exact) mass is 508 g/mol. The minimum atomic E-state index is -0.560. The fourth-order valence-electron chi connectivity index (χ4n) is 3.46. The number of amides is 1. The third-order valence-corrected chi connectivity index (χ3v) is 5.53. The number of hydrogen-bond acceptors (Lipinski definition) is 5. The fraction of sp³-hybridized carbons (Fsp3) is 0.364.